The van der Waals surface area contributed by atoms with Crippen molar-refractivity contribution in [3.63, 3.8) is 0 Å². The predicted molar refractivity (Wildman–Crippen MR) is 107 cm³/mol. The summed E-state index contributed by atoms with van der Waals surface area (Å²) in [4.78, 5) is 11.3. The molecule has 0 fully saturated rings. The number of esters is 1. The molecule has 1 aromatic carbocycles. The van der Waals surface area contributed by atoms with Crippen molar-refractivity contribution in [2.24, 2.45) is 0 Å². The molecule has 0 amide bonds. The van der Waals surface area contributed by atoms with E-state index in [1.165, 1.54) is 18.2 Å². The molecule has 0 N–H and O–H groups in total. The monoisotopic (exact) mass is 483 g/mol. The third-order valence-electron chi connectivity index (χ3n) is 5.48. The van der Waals surface area contributed by atoms with Gasteiger partial charge in [-0.1, -0.05) is 0 Å². The van der Waals surface area contributed by atoms with Crippen LogP contribution in [0.4, 0.5) is 5.69 Å². The van der Waals surface area contributed by atoms with Gasteiger partial charge in [-0.05, 0) is 38.8 Å². The number of carbonyl (C=O) groups excluding carboxylic acids is 1. The van der Waals surface area contributed by atoms with E-state index in [-0.39, 0.29) is 66.4 Å². The Morgan fingerprint density at radius 1 is 1.16 bits per heavy atom. The topological polar surface area (TPSA) is 144 Å². The number of nitrogens with zero attached hydrogens (tertiary/aromatic N) is 1. The van der Waals surface area contributed by atoms with Crippen LogP contribution in [-0.2, 0) is 35.2 Å². The minimum Gasteiger partial charge on any atom is -0.748 e. The Balaban J connectivity index is 0.00000480. The zero-order chi connectivity index (χ0) is 22.7. The first-order valence-electron chi connectivity index (χ1n) is 9.61. The smallest absolute Gasteiger partial charge is 0.748 e. The molecule has 0 aliphatic carbocycles. The van der Waals surface area contributed by atoms with Crippen molar-refractivity contribution in [3.05, 3.63) is 23.8 Å². The quantitative estimate of drug-likeness (QED) is 0.172. The zero-order valence-corrected chi connectivity index (χ0v) is 21.8. The maximum absolute atomic E-state index is 11.7. The van der Waals surface area contributed by atoms with Gasteiger partial charge in [0.25, 0.3) is 0 Å². The maximum Gasteiger partial charge on any atom is 1.00 e. The molecule has 2 rings (SSSR count). The molecule has 1 unspecified atom stereocenters. The van der Waals surface area contributed by atoms with Gasteiger partial charge >= 0.3 is 35.5 Å². The SMILES string of the molecule is CCOC(=O)CCCC1(C)C(C)=[N+](CCCS(=O)(=O)[O-])c2ccc(S(=O)(=O)[O-])cc21.[Na+]. The molecular weight excluding hydrogens is 457 g/mol. The molecule has 0 aromatic heterocycles. The number of carbonyl (C=O) groups is 1. The maximum atomic E-state index is 11.7. The van der Waals surface area contributed by atoms with Crippen LogP contribution >= 0.6 is 0 Å². The van der Waals surface area contributed by atoms with Crippen molar-refractivity contribution < 1.29 is 69.6 Å². The van der Waals surface area contributed by atoms with E-state index in [4.69, 9.17) is 4.74 Å². The minimum atomic E-state index is -4.66. The summed E-state index contributed by atoms with van der Waals surface area (Å²) >= 11 is 0. The first-order chi connectivity index (χ1) is 13.8. The average molecular weight is 484 g/mol. The van der Waals surface area contributed by atoms with Gasteiger partial charge in [0.15, 0.2) is 5.71 Å². The molecule has 0 spiro atoms. The molecule has 0 bridgehead atoms. The van der Waals surface area contributed by atoms with Crippen LogP contribution in [0.3, 0.4) is 0 Å². The van der Waals surface area contributed by atoms with Crippen molar-refractivity contribution >= 4 is 37.6 Å². The van der Waals surface area contributed by atoms with Crippen molar-refractivity contribution in [1.29, 1.82) is 0 Å². The number of fused-ring (bicyclic) bond motifs is 1. The van der Waals surface area contributed by atoms with Gasteiger partial charge in [0.1, 0.15) is 16.7 Å². The molecule has 1 heterocycles. The molecule has 0 saturated carbocycles. The van der Waals surface area contributed by atoms with Gasteiger partial charge in [0.2, 0.25) is 5.69 Å². The van der Waals surface area contributed by atoms with E-state index in [1.54, 1.807) is 6.92 Å². The molecule has 1 aliphatic rings. The average Bonchev–Trinajstić information content (AvgIpc) is 2.82. The largest absolute Gasteiger partial charge is 1.00 e. The molecule has 1 atom stereocenters. The first kappa shape index (κ1) is 28.2. The van der Waals surface area contributed by atoms with Crippen LogP contribution in [0.25, 0.3) is 0 Å². The standard InChI is InChI=1S/C19H27NO8S2.Na/c1-4-28-18(21)7-5-10-19(3)14(2)20(11-6-12-29(22,23)24)17-9-8-15(13-16(17)19)30(25,26)27;/h8-9,13H,4-7,10-12H2,1-3H3,(H-,22,23,24,25,26,27);/q;+1/p-1. The second kappa shape index (κ2) is 10.9. The van der Waals surface area contributed by atoms with Crippen LogP contribution in [0.1, 0.15) is 52.0 Å². The second-order valence-corrected chi connectivity index (χ2v) is 10.4. The number of rotatable bonds is 10. The van der Waals surface area contributed by atoms with Gasteiger partial charge in [-0.3, -0.25) is 4.79 Å². The normalized spacial score (nSPS) is 18.5. The predicted octanol–water partition coefficient (Wildman–Crippen LogP) is -1.36. The molecular formula is C19H26NNaO8S2. The van der Waals surface area contributed by atoms with Crippen LogP contribution in [0.2, 0.25) is 0 Å². The number of benzene rings is 1. The van der Waals surface area contributed by atoms with E-state index in [0.717, 1.165) is 5.71 Å². The summed E-state index contributed by atoms with van der Waals surface area (Å²) in [6.07, 6.45) is 1.26. The van der Waals surface area contributed by atoms with Crippen molar-refractivity contribution in [1.82, 2.24) is 0 Å². The van der Waals surface area contributed by atoms with E-state index in [0.29, 0.717) is 24.1 Å². The van der Waals surface area contributed by atoms with E-state index < -0.39 is 31.4 Å². The van der Waals surface area contributed by atoms with Crippen molar-refractivity contribution in [3.8, 4) is 0 Å². The Morgan fingerprint density at radius 3 is 2.35 bits per heavy atom. The number of ether oxygens (including phenoxy) is 1. The summed E-state index contributed by atoms with van der Waals surface area (Å²) in [5.74, 6) is -0.844. The fourth-order valence-electron chi connectivity index (χ4n) is 3.84. The van der Waals surface area contributed by atoms with Crippen LogP contribution in [0.15, 0.2) is 23.1 Å². The van der Waals surface area contributed by atoms with Crippen molar-refractivity contribution in [2.75, 3.05) is 18.9 Å². The second-order valence-electron chi connectivity index (χ2n) is 7.48. The Morgan fingerprint density at radius 2 is 1.81 bits per heavy atom. The summed E-state index contributed by atoms with van der Waals surface area (Å²) in [7, 11) is -9.01. The van der Waals surface area contributed by atoms with Gasteiger partial charge in [-0.2, -0.15) is 4.58 Å². The van der Waals surface area contributed by atoms with Crippen LogP contribution in [0, 0.1) is 0 Å². The van der Waals surface area contributed by atoms with E-state index in [2.05, 4.69) is 0 Å². The zero-order valence-electron chi connectivity index (χ0n) is 18.2. The molecule has 1 aromatic rings. The van der Waals surface area contributed by atoms with Crippen molar-refractivity contribution in [2.45, 2.75) is 56.8 Å². The van der Waals surface area contributed by atoms with Gasteiger partial charge in [-0.25, -0.2) is 16.8 Å². The van der Waals surface area contributed by atoms with Gasteiger partial charge in [0.05, 0.1) is 27.0 Å². The molecule has 31 heavy (non-hydrogen) atoms. The van der Waals surface area contributed by atoms with Gasteiger partial charge in [-0.15, -0.1) is 0 Å². The Bertz CT molecular complexity index is 1070. The fraction of sp³-hybridized carbons (Fsp3) is 0.579. The number of hydrogen-bond donors (Lipinski definition) is 0. The molecule has 12 heteroatoms. The third kappa shape index (κ3) is 7.08. The number of hydrogen-bond acceptors (Lipinski definition) is 8. The third-order valence-corrected chi connectivity index (χ3v) is 7.10. The summed E-state index contributed by atoms with van der Waals surface area (Å²) in [5.41, 5.74) is 1.43. The van der Waals surface area contributed by atoms with E-state index in [9.17, 15) is 30.7 Å². The molecule has 9 nitrogen and oxygen atoms in total. The van der Waals surface area contributed by atoms with E-state index in [1.807, 2.05) is 18.4 Å². The van der Waals surface area contributed by atoms with E-state index >= 15 is 0 Å². The Kier molecular flexibility index (Phi) is 9.89. The molecule has 0 radical (unpaired) electrons. The molecule has 0 saturated heterocycles. The van der Waals surface area contributed by atoms with Gasteiger partial charge in [0, 0.05) is 37.1 Å². The van der Waals surface area contributed by atoms with Crippen LogP contribution < -0.4 is 29.6 Å². The summed E-state index contributed by atoms with van der Waals surface area (Å²) in [5, 5.41) is 0. The van der Waals surface area contributed by atoms with Crippen LogP contribution in [0.5, 0.6) is 0 Å². The first-order valence-corrected chi connectivity index (χ1v) is 12.6. The Hall–Kier alpha value is -0.820. The Labute approximate surface area is 205 Å². The van der Waals surface area contributed by atoms with Gasteiger partial charge < -0.3 is 13.8 Å². The summed E-state index contributed by atoms with van der Waals surface area (Å²) in [6, 6.07) is 4.08. The summed E-state index contributed by atoms with van der Waals surface area (Å²) < 4.78 is 74.2. The molecule has 1 aliphatic heterocycles. The van der Waals surface area contributed by atoms with Crippen LogP contribution in [-0.4, -0.2) is 61.1 Å². The fourth-order valence-corrected chi connectivity index (χ4v) is 4.82. The minimum absolute atomic E-state index is 0. The summed E-state index contributed by atoms with van der Waals surface area (Å²) in [6.45, 7) is 5.97. The molecule has 168 valence electrons.